The van der Waals surface area contributed by atoms with Gasteiger partial charge in [-0.1, -0.05) is 20.3 Å². The first-order chi connectivity index (χ1) is 2.27. The fourth-order valence-corrected chi connectivity index (χ4v) is 0. The second-order valence-corrected chi connectivity index (χ2v) is 1.22. The van der Waals surface area contributed by atoms with Crippen molar-refractivity contribution in [1.29, 1.82) is 0 Å². The molecule has 1 nitrogen and oxygen atoms in total. The van der Waals surface area contributed by atoms with Crippen LogP contribution in [0.5, 0.6) is 0 Å². The Hall–Kier alpha value is 0.557. The molecule has 0 radical (unpaired) electrons. The molecule has 0 saturated carbocycles. The Morgan fingerprint density at radius 2 is 1.83 bits per heavy atom. The van der Waals surface area contributed by atoms with Gasteiger partial charge in [0.1, 0.15) is 0 Å². The largest absolute Gasteiger partial charge is 1.00 e. The molecule has 6 heavy (non-hydrogen) atoms. The summed E-state index contributed by atoms with van der Waals surface area (Å²) < 4.78 is 0. The molecule has 32 valence electrons. The molecular weight excluding hydrogens is 71.0 g/mol. The van der Waals surface area contributed by atoms with Crippen molar-refractivity contribution < 1.29 is 24.0 Å². The van der Waals surface area contributed by atoms with Crippen LogP contribution in [0.1, 0.15) is 20.3 Å². The van der Waals surface area contributed by atoms with Crippen LogP contribution in [-0.4, -0.2) is 6.10 Å². The predicted octanol–water partition coefficient (Wildman–Crippen LogP) is -2.85. The third-order valence-electron chi connectivity index (χ3n) is 0.575. The summed E-state index contributed by atoms with van der Waals surface area (Å²) >= 11 is 0. The van der Waals surface area contributed by atoms with Crippen molar-refractivity contribution in [2.75, 3.05) is 0 Å². The van der Waals surface area contributed by atoms with Gasteiger partial charge in [-0.05, 0) is 0 Å². The first-order valence-electron chi connectivity index (χ1n) is 1.93. The van der Waals surface area contributed by atoms with Crippen LogP contribution in [-0.2, 0) is 0 Å². The molecule has 0 aliphatic heterocycles. The Kier molecular flexibility index (Phi) is 9.03. The van der Waals surface area contributed by atoms with Crippen molar-refractivity contribution in [2.24, 2.45) is 0 Å². The van der Waals surface area contributed by atoms with Crippen molar-refractivity contribution in [3.05, 3.63) is 0 Å². The molecule has 0 aliphatic carbocycles. The first kappa shape index (κ1) is 9.75. The summed E-state index contributed by atoms with van der Waals surface area (Å²) in [6, 6.07) is 0. The number of hydrogen-bond donors (Lipinski definition) is 0. The monoisotopic (exact) mass is 80.1 g/mol. The van der Waals surface area contributed by atoms with Gasteiger partial charge in [0.25, 0.3) is 0 Å². The molecule has 0 N–H and O–H groups in total. The van der Waals surface area contributed by atoms with Crippen LogP contribution in [0, 0.1) is 0 Å². The minimum absolute atomic E-state index is 0. The van der Waals surface area contributed by atoms with E-state index >= 15 is 0 Å². The van der Waals surface area contributed by atoms with Crippen LogP contribution >= 0.6 is 0 Å². The van der Waals surface area contributed by atoms with Gasteiger partial charge in [0, 0.05) is 0 Å². The van der Waals surface area contributed by atoms with E-state index in [0.29, 0.717) is 0 Å². The van der Waals surface area contributed by atoms with Gasteiger partial charge >= 0.3 is 18.9 Å². The molecule has 0 rings (SSSR count). The molecule has 0 heterocycles. The third kappa shape index (κ3) is 8.82. The Morgan fingerprint density at radius 3 is 1.83 bits per heavy atom. The minimum Gasteiger partial charge on any atom is -0.852 e. The molecule has 0 spiro atoms. The summed E-state index contributed by atoms with van der Waals surface area (Å²) in [6.45, 7) is 3.55. The minimum atomic E-state index is -0.366. The van der Waals surface area contributed by atoms with Gasteiger partial charge in [-0.2, -0.15) is 0 Å². The Morgan fingerprint density at radius 1 is 1.67 bits per heavy atom. The molecule has 1 atom stereocenters. The molecule has 0 amide bonds. The molecule has 0 aromatic heterocycles. The fourth-order valence-electron chi connectivity index (χ4n) is 0. The Bertz CT molecular complexity index is 21.5. The Balaban J connectivity index is 0. The summed E-state index contributed by atoms with van der Waals surface area (Å²) in [5, 5.41) is 9.90. The van der Waals surface area contributed by atoms with E-state index in [1.165, 1.54) is 0 Å². The van der Waals surface area contributed by atoms with Crippen LogP contribution < -0.4 is 24.0 Å². The quantitative estimate of drug-likeness (QED) is 0.311. The van der Waals surface area contributed by atoms with Crippen molar-refractivity contribution in [1.82, 2.24) is 0 Å². The van der Waals surface area contributed by atoms with Crippen molar-refractivity contribution in [3.8, 4) is 0 Å². The van der Waals surface area contributed by atoms with E-state index in [9.17, 15) is 5.11 Å². The van der Waals surface area contributed by atoms with Gasteiger partial charge in [0.05, 0.1) is 0 Å². The maximum absolute atomic E-state index is 9.90. The molecular formula is C4H9LiO. The maximum atomic E-state index is 9.90. The van der Waals surface area contributed by atoms with E-state index in [1.807, 2.05) is 6.92 Å². The summed E-state index contributed by atoms with van der Waals surface area (Å²) in [4.78, 5) is 0. The normalized spacial score (nSPS) is 12.5. The smallest absolute Gasteiger partial charge is 0.852 e. The number of hydrogen-bond acceptors (Lipinski definition) is 1. The van der Waals surface area contributed by atoms with Crippen LogP contribution in [0.3, 0.4) is 0 Å². The van der Waals surface area contributed by atoms with Crippen molar-refractivity contribution >= 4 is 0 Å². The maximum Gasteiger partial charge on any atom is 1.00 e. The van der Waals surface area contributed by atoms with Crippen molar-refractivity contribution in [3.63, 3.8) is 0 Å². The van der Waals surface area contributed by atoms with E-state index in [2.05, 4.69) is 0 Å². The van der Waals surface area contributed by atoms with E-state index in [0.717, 1.165) is 6.42 Å². The summed E-state index contributed by atoms with van der Waals surface area (Å²) in [7, 11) is 0. The second kappa shape index (κ2) is 5.56. The van der Waals surface area contributed by atoms with Gasteiger partial charge in [-0.3, -0.25) is 0 Å². The molecule has 0 aliphatic rings. The number of rotatable bonds is 1. The summed E-state index contributed by atoms with van der Waals surface area (Å²) in [6.07, 6.45) is 0.384. The fraction of sp³-hybridized carbons (Fsp3) is 1.00. The molecule has 0 bridgehead atoms. The van der Waals surface area contributed by atoms with E-state index < -0.39 is 0 Å². The van der Waals surface area contributed by atoms with Crippen LogP contribution in [0.2, 0.25) is 0 Å². The summed E-state index contributed by atoms with van der Waals surface area (Å²) in [5.41, 5.74) is 0. The van der Waals surface area contributed by atoms with Gasteiger partial charge in [-0.25, -0.2) is 0 Å². The predicted molar refractivity (Wildman–Crippen MR) is 19.8 cm³/mol. The van der Waals surface area contributed by atoms with Crippen LogP contribution in [0.4, 0.5) is 0 Å². The average molecular weight is 80.1 g/mol. The van der Waals surface area contributed by atoms with Gasteiger partial charge in [0.2, 0.25) is 0 Å². The molecule has 0 fully saturated rings. The molecule has 2 heteroatoms. The molecule has 0 aromatic rings. The zero-order valence-corrected chi connectivity index (χ0v) is 4.69. The third-order valence-corrected chi connectivity index (χ3v) is 0.575. The van der Waals surface area contributed by atoms with Gasteiger partial charge < -0.3 is 5.11 Å². The van der Waals surface area contributed by atoms with Crippen LogP contribution in [0.25, 0.3) is 0 Å². The Labute approximate surface area is 50.9 Å². The van der Waals surface area contributed by atoms with Crippen molar-refractivity contribution in [2.45, 2.75) is 26.4 Å². The van der Waals surface area contributed by atoms with Gasteiger partial charge in [-0.15, -0.1) is 6.10 Å². The first-order valence-corrected chi connectivity index (χ1v) is 1.93. The molecule has 0 unspecified atom stereocenters. The molecule has 0 aromatic carbocycles. The SMILES string of the molecule is CC[C@@H](C)[O-].[Li+]. The topological polar surface area (TPSA) is 23.1 Å². The van der Waals surface area contributed by atoms with Crippen LogP contribution in [0.15, 0.2) is 0 Å². The summed E-state index contributed by atoms with van der Waals surface area (Å²) in [5.74, 6) is 0. The zero-order chi connectivity index (χ0) is 4.28. The standard InChI is InChI=1S/C4H9O.Li/c1-3-4(2)5;/h4H,3H2,1-2H3;/q-1;+1/t4-;/m1./s1. The molecule has 0 saturated heterocycles. The average Bonchev–Trinajstić information content (AvgIpc) is 1.38. The second-order valence-electron chi connectivity index (χ2n) is 1.22. The van der Waals surface area contributed by atoms with E-state index in [4.69, 9.17) is 0 Å². The van der Waals surface area contributed by atoms with Gasteiger partial charge in [0.15, 0.2) is 0 Å². The van der Waals surface area contributed by atoms with E-state index in [1.54, 1.807) is 6.92 Å². The van der Waals surface area contributed by atoms with E-state index in [-0.39, 0.29) is 25.0 Å². The zero-order valence-electron chi connectivity index (χ0n) is 4.69.